The van der Waals surface area contributed by atoms with Gasteiger partial charge >= 0.3 is 5.76 Å². The Labute approximate surface area is 137 Å². The van der Waals surface area contributed by atoms with Crippen LogP contribution < -0.4 is 11.1 Å². The van der Waals surface area contributed by atoms with Gasteiger partial charge in [-0.3, -0.25) is 9.36 Å². The highest BCUT2D eigenvalue weighted by Crippen LogP contribution is 2.20. The van der Waals surface area contributed by atoms with E-state index in [1.807, 2.05) is 0 Å². The Morgan fingerprint density at radius 2 is 1.79 bits per heavy atom. The third kappa shape index (κ3) is 3.09. The summed E-state index contributed by atoms with van der Waals surface area (Å²) in [5.74, 6) is -1.18. The second-order valence-electron chi connectivity index (χ2n) is 5.24. The van der Waals surface area contributed by atoms with Crippen LogP contribution in [0.5, 0.6) is 0 Å². The molecule has 1 aromatic heterocycles. The molecule has 7 nitrogen and oxygen atoms in total. The summed E-state index contributed by atoms with van der Waals surface area (Å²) in [6.45, 7) is -0.284. The Bertz CT molecular complexity index is 1080. The van der Waals surface area contributed by atoms with E-state index < -0.39 is 21.5 Å². The minimum Gasteiger partial charge on any atom is -0.408 e. The van der Waals surface area contributed by atoms with Crippen LogP contribution in [0, 0.1) is 0 Å². The predicted octanol–water partition coefficient (Wildman–Crippen LogP) is 1.64. The van der Waals surface area contributed by atoms with Gasteiger partial charge in [0.1, 0.15) is 6.54 Å². The minimum absolute atomic E-state index is 0.0164. The van der Waals surface area contributed by atoms with E-state index in [1.165, 1.54) is 16.7 Å². The van der Waals surface area contributed by atoms with Crippen molar-refractivity contribution in [3.8, 4) is 0 Å². The molecule has 0 aliphatic heterocycles. The number of sulfone groups is 1. The molecule has 0 saturated heterocycles. The van der Waals surface area contributed by atoms with Crippen molar-refractivity contribution in [3.05, 3.63) is 59.1 Å². The first-order valence-corrected chi connectivity index (χ1v) is 8.93. The third-order valence-electron chi connectivity index (χ3n) is 3.44. The molecule has 124 valence electrons. The molecule has 0 aliphatic rings. The van der Waals surface area contributed by atoms with Gasteiger partial charge in [0, 0.05) is 6.26 Å². The Balaban J connectivity index is 1.90. The number of benzene rings is 2. The zero-order valence-corrected chi connectivity index (χ0v) is 13.5. The molecule has 0 radical (unpaired) electrons. The van der Waals surface area contributed by atoms with Crippen LogP contribution in [-0.4, -0.2) is 25.1 Å². The Kier molecular flexibility index (Phi) is 3.98. The highest BCUT2D eigenvalue weighted by molar-refractivity contribution is 7.90. The molecule has 0 atom stereocenters. The first-order chi connectivity index (χ1) is 11.4. The van der Waals surface area contributed by atoms with Crippen molar-refractivity contribution in [2.45, 2.75) is 11.4 Å². The maximum absolute atomic E-state index is 12.2. The fourth-order valence-electron chi connectivity index (χ4n) is 2.39. The standard InChI is InChI=1S/C16H14N2O5S/c1-24(21,22)14-9-5-2-6-11(14)17-15(19)10-18-12-7-3-4-8-13(12)23-16(18)20/h2-9H,10H2,1H3,(H,17,19). The largest absolute Gasteiger partial charge is 0.420 e. The van der Waals surface area contributed by atoms with Crippen LogP contribution in [-0.2, 0) is 21.2 Å². The molecule has 0 bridgehead atoms. The summed E-state index contributed by atoms with van der Waals surface area (Å²) in [4.78, 5) is 24.1. The van der Waals surface area contributed by atoms with Gasteiger partial charge in [0.25, 0.3) is 0 Å². The lowest BCUT2D eigenvalue weighted by molar-refractivity contribution is -0.116. The predicted molar refractivity (Wildman–Crippen MR) is 88.7 cm³/mol. The summed E-state index contributed by atoms with van der Waals surface area (Å²) in [6.07, 6.45) is 1.06. The summed E-state index contributed by atoms with van der Waals surface area (Å²) in [5, 5.41) is 2.53. The number of aromatic nitrogens is 1. The van der Waals surface area contributed by atoms with Gasteiger partial charge < -0.3 is 9.73 Å². The maximum atomic E-state index is 12.2. The number of carbonyl (C=O) groups excluding carboxylic acids is 1. The number of hydrogen-bond acceptors (Lipinski definition) is 5. The number of amides is 1. The second kappa shape index (κ2) is 5.97. The summed E-state index contributed by atoms with van der Waals surface area (Å²) >= 11 is 0. The summed E-state index contributed by atoms with van der Waals surface area (Å²) in [5.41, 5.74) is 1.05. The zero-order chi connectivity index (χ0) is 17.3. The van der Waals surface area contributed by atoms with E-state index in [0.717, 1.165) is 6.26 Å². The molecule has 3 aromatic rings. The van der Waals surface area contributed by atoms with Gasteiger partial charge in [-0.15, -0.1) is 0 Å². The van der Waals surface area contributed by atoms with Gasteiger partial charge in [-0.2, -0.15) is 0 Å². The van der Waals surface area contributed by atoms with E-state index in [2.05, 4.69) is 5.32 Å². The van der Waals surface area contributed by atoms with Crippen molar-refractivity contribution < 1.29 is 17.6 Å². The number of para-hydroxylation sites is 3. The van der Waals surface area contributed by atoms with Crippen LogP contribution in [0.2, 0.25) is 0 Å². The second-order valence-corrected chi connectivity index (χ2v) is 7.22. The van der Waals surface area contributed by atoms with Gasteiger partial charge in [-0.25, -0.2) is 13.2 Å². The van der Waals surface area contributed by atoms with E-state index in [-0.39, 0.29) is 17.1 Å². The molecule has 0 unspecified atom stereocenters. The van der Waals surface area contributed by atoms with Crippen molar-refractivity contribution in [1.82, 2.24) is 4.57 Å². The van der Waals surface area contributed by atoms with Gasteiger partial charge in [0.05, 0.1) is 16.1 Å². The van der Waals surface area contributed by atoms with Gasteiger partial charge in [-0.1, -0.05) is 24.3 Å². The molecule has 0 spiro atoms. The number of nitrogens with one attached hydrogen (secondary N) is 1. The van der Waals surface area contributed by atoms with Crippen molar-refractivity contribution in [1.29, 1.82) is 0 Å². The number of carbonyl (C=O) groups is 1. The van der Waals surface area contributed by atoms with Crippen molar-refractivity contribution in [2.24, 2.45) is 0 Å². The molecular weight excluding hydrogens is 332 g/mol. The molecule has 0 saturated carbocycles. The molecule has 0 fully saturated rings. The molecule has 24 heavy (non-hydrogen) atoms. The first-order valence-electron chi connectivity index (χ1n) is 7.03. The average Bonchev–Trinajstić information content (AvgIpc) is 2.83. The van der Waals surface area contributed by atoms with E-state index in [9.17, 15) is 18.0 Å². The Morgan fingerprint density at radius 1 is 1.12 bits per heavy atom. The van der Waals surface area contributed by atoms with Crippen LogP contribution in [0.3, 0.4) is 0 Å². The lowest BCUT2D eigenvalue weighted by Gasteiger charge is -2.09. The molecule has 2 aromatic carbocycles. The number of anilines is 1. The number of hydrogen-bond donors (Lipinski definition) is 1. The van der Waals surface area contributed by atoms with E-state index in [4.69, 9.17) is 4.42 Å². The van der Waals surface area contributed by atoms with Crippen molar-refractivity contribution >= 4 is 32.5 Å². The zero-order valence-electron chi connectivity index (χ0n) is 12.7. The lowest BCUT2D eigenvalue weighted by atomic mass is 10.3. The minimum atomic E-state index is -3.49. The van der Waals surface area contributed by atoms with Crippen LogP contribution in [0.25, 0.3) is 11.1 Å². The fourth-order valence-corrected chi connectivity index (χ4v) is 3.23. The quantitative estimate of drug-likeness (QED) is 0.774. The highest BCUT2D eigenvalue weighted by Gasteiger charge is 2.16. The smallest absolute Gasteiger partial charge is 0.408 e. The molecule has 1 N–H and O–H groups in total. The number of fused-ring (bicyclic) bond motifs is 1. The Morgan fingerprint density at radius 3 is 2.54 bits per heavy atom. The molecular formula is C16H14N2O5S. The van der Waals surface area contributed by atoms with Crippen LogP contribution >= 0.6 is 0 Å². The average molecular weight is 346 g/mol. The molecule has 0 aliphatic carbocycles. The van der Waals surface area contributed by atoms with Crippen molar-refractivity contribution in [3.63, 3.8) is 0 Å². The van der Waals surface area contributed by atoms with E-state index in [1.54, 1.807) is 36.4 Å². The highest BCUT2D eigenvalue weighted by atomic mass is 32.2. The van der Waals surface area contributed by atoms with Gasteiger partial charge in [0.2, 0.25) is 5.91 Å². The van der Waals surface area contributed by atoms with Crippen LogP contribution in [0.15, 0.2) is 62.6 Å². The first kappa shape index (κ1) is 16.0. The van der Waals surface area contributed by atoms with Crippen molar-refractivity contribution in [2.75, 3.05) is 11.6 Å². The fraction of sp³-hybridized carbons (Fsp3) is 0.125. The van der Waals surface area contributed by atoms with E-state index >= 15 is 0 Å². The van der Waals surface area contributed by atoms with Crippen LogP contribution in [0.4, 0.5) is 5.69 Å². The maximum Gasteiger partial charge on any atom is 0.420 e. The topological polar surface area (TPSA) is 98.4 Å². The molecule has 3 rings (SSSR count). The summed E-state index contributed by atoms with van der Waals surface area (Å²) in [6, 6.07) is 12.8. The third-order valence-corrected chi connectivity index (χ3v) is 4.59. The SMILES string of the molecule is CS(=O)(=O)c1ccccc1NC(=O)Cn1c(=O)oc2ccccc21. The summed E-state index contributed by atoms with van der Waals surface area (Å²) in [7, 11) is -3.49. The van der Waals surface area contributed by atoms with Gasteiger partial charge in [0.15, 0.2) is 15.4 Å². The van der Waals surface area contributed by atoms with Crippen LogP contribution in [0.1, 0.15) is 0 Å². The normalized spacial score (nSPS) is 11.5. The number of oxazole rings is 1. The number of rotatable bonds is 4. The Hall–Kier alpha value is -2.87. The van der Waals surface area contributed by atoms with Gasteiger partial charge in [-0.05, 0) is 24.3 Å². The molecule has 1 heterocycles. The number of nitrogens with zero attached hydrogens (tertiary/aromatic N) is 1. The lowest BCUT2D eigenvalue weighted by Crippen LogP contribution is -2.25. The summed E-state index contributed by atoms with van der Waals surface area (Å²) < 4.78 is 29.8. The monoisotopic (exact) mass is 346 g/mol. The molecule has 8 heteroatoms. The molecule has 1 amide bonds. The van der Waals surface area contributed by atoms with E-state index in [0.29, 0.717) is 11.1 Å².